The molecule has 1 aromatic rings. The maximum atomic E-state index is 5.08. The minimum atomic E-state index is 0.820. The molecular weight excluding hydrogens is 152 g/mol. The van der Waals surface area contributed by atoms with Gasteiger partial charge in [-0.25, -0.2) is 0 Å². The van der Waals surface area contributed by atoms with E-state index in [1.165, 1.54) is 12.8 Å². The molecular formula is C9H16N2O. The molecule has 0 aliphatic carbocycles. The van der Waals surface area contributed by atoms with E-state index < -0.39 is 0 Å². The van der Waals surface area contributed by atoms with E-state index in [-0.39, 0.29) is 0 Å². The van der Waals surface area contributed by atoms with Gasteiger partial charge in [0, 0.05) is 12.1 Å². The number of anilines is 1. The molecule has 1 heterocycles. The minimum absolute atomic E-state index is 0.820. The number of rotatable bonds is 4. The third-order valence-corrected chi connectivity index (χ3v) is 1.97. The Hall–Kier alpha value is -0.990. The van der Waals surface area contributed by atoms with Gasteiger partial charge >= 0.3 is 0 Å². The van der Waals surface area contributed by atoms with E-state index in [1.54, 1.807) is 0 Å². The number of aromatic nitrogens is 1. The number of nitrogens with one attached hydrogen (secondary N) is 1. The second kappa shape index (κ2) is 4.14. The van der Waals surface area contributed by atoms with Gasteiger partial charge in [0.1, 0.15) is 0 Å². The van der Waals surface area contributed by atoms with Gasteiger partial charge in [-0.05, 0) is 20.3 Å². The van der Waals surface area contributed by atoms with Gasteiger partial charge < -0.3 is 9.84 Å². The van der Waals surface area contributed by atoms with Crippen LogP contribution in [-0.2, 0) is 0 Å². The Morgan fingerprint density at radius 1 is 1.42 bits per heavy atom. The molecule has 1 rings (SSSR count). The predicted octanol–water partition coefficient (Wildman–Crippen LogP) is 2.50. The van der Waals surface area contributed by atoms with Crippen molar-refractivity contribution in [3.05, 3.63) is 11.3 Å². The average molecular weight is 168 g/mol. The van der Waals surface area contributed by atoms with E-state index in [0.29, 0.717) is 0 Å². The fourth-order valence-corrected chi connectivity index (χ4v) is 0.959. The SMILES string of the molecule is CCCCNc1onc(C)c1C. The van der Waals surface area contributed by atoms with Crippen LogP contribution in [0.1, 0.15) is 31.0 Å². The van der Waals surface area contributed by atoms with Crippen LogP contribution in [0.15, 0.2) is 4.52 Å². The molecule has 0 amide bonds. The van der Waals surface area contributed by atoms with E-state index in [2.05, 4.69) is 17.4 Å². The zero-order valence-corrected chi connectivity index (χ0v) is 7.98. The Labute approximate surface area is 73.1 Å². The summed E-state index contributed by atoms with van der Waals surface area (Å²) in [5.74, 6) is 0.820. The van der Waals surface area contributed by atoms with Crippen molar-refractivity contribution in [2.24, 2.45) is 0 Å². The molecule has 0 saturated heterocycles. The Bertz CT molecular complexity index is 243. The topological polar surface area (TPSA) is 38.1 Å². The largest absolute Gasteiger partial charge is 0.354 e. The van der Waals surface area contributed by atoms with Crippen LogP contribution >= 0.6 is 0 Å². The summed E-state index contributed by atoms with van der Waals surface area (Å²) in [6, 6.07) is 0. The van der Waals surface area contributed by atoms with Gasteiger partial charge in [-0.3, -0.25) is 0 Å². The van der Waals surface area contributed by atoms with Crippen molar-refractivity contribution in [3.63, 3.8) is 0 Å². The molecule has 1 aromatic heterocycles. The third kappa shape index (κ3) is 2.00. The molecule has 0 aromatic carbocycles. The van der Waals surface area contributed by atoms with Crippen LogP contribution in [0.4, 0.5) is 5.88 Å². The zero-order valence-electron chi connectivity index (χ0n) is 7.98. The highest BCUT2D eigenvalue weighted by molar-refractivity contribution is 5.41. The molecule has 0 fully saturated rings. The van der Waals surface area contributed by atoms with Crippen molar-refractivity contribution >= 4 is 5.88 Å². The van der Waals surface area contributed by atoms with Crippen molar-refractivity contribution in [1.82, 2.24) is 5.16 Å². The highest BCUT2D eigenvalue weighted by atomic mass is 16.5. The van der Waals surface area contributed by atoms with Crippen LogP contribution < -0.4 is 5.32 Å². The monoisotopic (exact) mass is 168 g/mol. The highest BCUT2D eigenvalue weighted by Gasteiger charge is 2.05. The first kappa shape index (κ1) is 9.10. The lowest BCUT2D eigenvalue weighted by molar-refractivity contribution is 0.426. The zero-order chi connectivity index (χ0) is 8.97. The van der Waals surface area contributed by atoms with Crippen LogP contribution in [-0.4, -0.2) is 11.7 Å². The van der Waals surface area contributed by atoms with E-state index in [0.717, 1.165) is 23.7 Å². The summed E-state index contributed by atoms with van der Waals surface area (Å²) in [6.07, 6.45) is 2.36. The average Bonchev–Trinajstić information content (AvgIpc) is 2.36. The first-order chi connectivity index (χ1) is 5.75. The molecule has 0 bridgehead atoms. The lowest BCUT2D eigenvalue weighted by atomic mass is 10.3. The van der Waals surface area contributed by atoms with Crippen LogP contribution in [0.25, 0.3) is 0 Å². The molecule has 0 radical (unpaired) electrons. The van der Waals surface area contributed by atoms with Crippen molar-refractivity contribution in [2.75, 3.05) is 11.9 Å². The Balaban J connectivity index is 2.46. The summed E-state index contributed by atoms with van der Waals surface area (Å²) < 4.78 is 5.08. The summed E-state index contributed by atoms with van der Waals surface area (Å²) in [6.45, 7) is 7.09. The summed E-state index contributed by atoms with van der Waals surface area (Å²) >= 11 is 0. The van der Waals surface area contributed by atoms with Gasteiger partial charge in [-0.15, -0.1) is 0 Å². The lowest BCUT2D eigenvalue weighted by Gasteiger charge is -2.00. The Kier molecular flexibility index (Phi) is 3.14. The normalized spacial score (nSPS) is 10.2. The van der Waals surface area contributed by atoms with Crippen LogP contribution in [0, 0.1) is 13.8 Å². The van der Waals surface area contributed by atoms with E-state index in [1.807, 2.05) is 13.8 Å². The first-order valence-corrected chi connectivity index (χ1v) is 4.42. The van der Waals surface area contributed by atoms with Crippen LogP contribution in [0.3, 0.4) is 0 Å². The summed E-state index contributed by atoms with van der Waals surface area (Å²) in [5.41, 5.74) is 2.08. The fourth-order valence-electron chi connectivity index (χ4n) is 0.959. The molecule has 1 N–H and O–H groups in total. The summed E-state index contributed by atoms with van der Waals surface area (Å²) in [5, 5.41) is 7.06. The number of aryl methyl sites for hydroxylation is 1. The Morgan fingerprint density at radius 2 is 2.17 bits per heavy atom. The molecule has 0 spiro atoms. The van der Waals surface area contributed by atoms with Crippen molar-refractivity contribution in [2.45, 2.75) is 33.6 Å². The van der Waals surface area contributed by atoms with Gasteiger partial charge in [0.15, 0.2) is 0 Å². The van der Waals surface area contributed by atoms with Gasteiger partial charge in [-0.2, -0.15) is 0 Å². The fraction of sp³-hybridized carbons (Fsp3) is 0.667. The van der Waals surface area contributed by atoms with E-state index in [4.69, 9.17) is 4.52 Å². The predicted molar refractivity (Wildman–Crippen MR) is 49.4 cm³/mol. The second-order valence-corrected chi connectivity index (χ2v) is 3.00. The molecule has 3 heteroatoms. The van der Waals surface area contributed by atoms with Gasteiger partial charge in [0.05, 0.1) is 5.69 Å². The number of nitrogens with zero attached hydrogens (tertiary/aromatic N) is 1. The van der Waals surface area contributed by atoms with Crippen molar-refractivity contribution < 1.29 is 4.52 Å². The summed E-state index contributed by atoms with van der Waals surface area (Å²) in [4.78, 5) is 0. The maximum Gasteiger partial charge on any atom is 0.227 e. The molecule has 3 nitrogen and oxygen atoms in total. The number of unbranched alkanes of at least 4 members (excludes halogenated alkanes) is 1. The molecule has 0 aliphatic rings. The number of hydrogen-bond acceptors (Lipinski definition) is 3. The van der Waals surface area contributed by atoms with Gasteiger partial charge in [-0.1, -0.05) is 18.5 Å². The second-order valence-electron chi connectivity index (χ2n) is 3.00. The summed E-state index contributed by atoms with van der Waals surface area (Å²) in [7, 11) is 0. The molecule has 0 atom stereocenters. The lowest BCUT2D eigenvalue weighted by Crippen LogP contribution is -2.00. The minimum Gasteiger partial charge on any atom is -0.354 e. The van der Waals surface area contributed by atoms with Crippen molar-refractivity contribution in [3.8, 4) is 0 Å². The van der Waals surface area contributed by atoms with Crippen LogP contribution in [0.5, 0.6) is 0 Å². The van der Waals surface area contributed by atoms with E-state index in [9.17, 15) is 0 Å². The van der Waals surface area contributed by atoms with Gasteiger partial charge in [0.2, 0.25) is 5.88 Å². The molecule has 68 valence electrons. The quantitative estimate of drug-likeness (QED) is 0.702. The smallest absolute Gasteiger partial charge is 0.227 e. The molecule has 0 aliphatic heterocycles. The molecule has 0 saturated carbocycles. The van der Waals surface area contributed by atoms with Gasteiger partial charge in [0.25, 0.3) is 0 Å². The highest BCUT2D eigenvalue weighted by Crippen LogP contribution is 2.16. The first-order valence-electron chi connectivity index (χ1n) is 4.42. The van der Waals surface area contributed by atoms with Crippen molar-refractivity contribution in [1.29, 1.82) is 0 Å². The molecule has 12 heavy (non-hydrogen) atoms. The Morgan fingerprint density at radius 3 is 2.67 bits per heavy atom. The number of hydrogen-bond donors (Lipinski definition) is 1. The maximum absolute atomic E-state index is 5.08. The molecule has 0 unspecified atom stereocenters. The van der Waals surface area contributed by atoms with Crippen LogP contribution in [0.2, 0.25) is 0 Å². The van der Waals surface area contributed by atoms with E-state index >= 15 is 0 Å². The standard InChI is InChI=1S/C9H16N2O/c1-4-5-6-10-9-7(2)8(3)11-12-9/h10H,4-6H2,1-3H3. The third-order valence-electron chi connectivity index (χ3n) is 1.97.